The van der Waals surface area contributed by atoms with Crippen molar-refractivity contribution >= 4 is 26.0 Å². The number of benzene rings is 1. The fraction of sp³-hybridized carbons (Fsp3) is 0.214. The molecular weight excluding hydrogens is 359 g/mol. The largest absolute Gasteiger partial charge is 0.262 e. The topological polar surface area (TPSA) is 59.1 Å². The zero-order valence-corrected chi connectivity index (χ0v) is 13.9. The monoisotopic (exact) mass is 372 g/mol. The number of hydrogen-bond donors (Lipinski definition) is 1. The molecule has 2 rings (SSSR count). The molecule has 0 bridgehead atoms. The smallest absolute Gasteiger partial charge is 0.242 e. The molecule has 7 heteroatoms. The van der Waals surface area contributed by atoms with Crippen molar-refractivity contribution in [1.82, 2.24) is 9.71 Å². The van der Waals surface area contributed by atoms with E-state index in [9.17, 15) is 12.8 Å². The second-order valence-electron chi connectivity index (χ2n) is 4.71. The third-order valence-electron chi connectivity index (χ3n) is 2.95. The normalized spacial score (nSPS) is 11.6. The first kappa shape index (κ1) is 16.1. The summed E-state index contributed by atoms with van der Waals surface area (Å²) in [5, 5.41) is 0. The van der Waals surface area contributed by atoms with Gasteiger partial charge in [0.1, 0.15) is 10.7 Å². The number of nitrogens with one attached hydrogen (secondary N) is 1. The van der Waals surface area contributed by atoms with Gasteiger partial charge < -0.3 is 0 Å². The van der Waals surface area contributed by atoms with Gasteiger partial charge in [0.15, 0.2) is 0 Å². The summed E-state index contributed by atoms with van der Waals surface area (Å²) in [5.41, 5.74) is 1.69. The van der Waals surface area contributed by atoms with Crippen molar-refractivity contribution in [3.8, 4) is 0 Å². The lowest BCUT2D eigenvalue weighted by molar-refractivity contribution is 0.580. The van der Waals surface area contributed by atoms with Crippen LogP contribution in [0.25, 0.3) is 0 Å². The number of sulfonamides is 1. The maximum Gasteiger partial charge on any atom is 0.242 e. The van der Waals surface area contributed by atoms with Crippen molar-refractivity contribution in [2.45, 2.75) is 25.3 Å². The maximum atomic E-state index is 13.5. The van der Waals surface area contributed by atoms with Crippen LogP contribution in [0.3, 0.4) is 0 Å². The van der Waals surface area contributed by atoms with E-state index in [2.05, 4.69) is 25.6 Å². The second-order valence-corrected chi connectivity index (χ2v) is 7.39. The lowest BCUT2D eigenvalue weighted by Gasteiger charge is -2.09. The summed E-state index contributed by atoms with van der Waals surface area (Å²) in [7, 11) is -3.65. The Hall–Kier alpha value is -1.31. The summed E-state index contributed by atoms with van der Waals surface area (Å²) in [6.07, 6.45) is 2.78. The van der Waals surface area contributed by atoms with Gasteiger partial charge in [0, 0.05) is 23.4 Å². The van der Waals surface area contributed by atoms with Crippen molar-refractivity contribution in [2.24, 2.45) is 0 Å². The zero-order valence-electron chi connectivity index (χ0n) is 11.5. The molecule has 0 aliphatic heterocycles. The van der Waals surface area contributed by atoms with Crippen LogP contribution in [0.1, 0.15) is 16.7 Å². The van der Waals surface area contributed by atoms with Crippen LogP contribution in [0.2, 0.25) is 0 Å². The minimum atomic E-state index is -3.65. The molecule has 4 nitrogen and oxygen atoms in total. The van der Waals surface area contributed by atoms with Gasteiger partial charge in [-0.2, -0.15) is 0 Å². The van der Waals surface area contributed by atoms with Gasteiger partial charge in [-0.05, 0) is 52.5 Å². The van der Waals surface area contributed by atoms with Crippen LogP contribution in [-0.4, -0.2) is 13.4 Å². The minimum Gasteiger partial charge on any atom is -0.262 e. The van der Waals surface area contributed by atoms with Crippen LogP contribution in [0.15, 0.2) is 40.0 Å². The molecule has 0 radical (unpaired) electrons. The SMILES string of the molecule is Cc1cc(CNS(=O)(=O)c2cncc(Br)c2)cc(C)c1F. The Labute approximate surface area is 131 Å². The van der Waals surface area contributed by atoms with E-state index >= 15 is 0 Å². The van der Waals surface area contributed by atoms with Crippen LogP contribution in [0.4, 0.5) is 4.39 Å². The molecule has 0 fully saturated rings. The van der Waals surface area contributed by atoms with Crippen LogP contribution in [0, 0.1) is 19.7 Å². The first-order valence-corrected chi connectivity index (χ1v) is 8.43. The third kappa shape index (κ3) is 3.87. The van der Waals surface area contributed by atoms with E-state index in [-0.39, 0.29) is 17.3 Å². The Balaban J connectivity index is 2.19. The van der Waals surface area contributed by atoms with Crippen molar-refractivity contribution in [3.63, 3.8) is 0 Å². The maximum absolute atomic E-state index is 13.5. The first-order chi connectivity index (χ1) is 9.79. The Morgan fingerprint density at radius 1 is 1.19 bits per heavy atom. The molecule has 0 amide bonds. The van der Waals surface area contributed by atoms with E-state index in [0.717, 1.165) is 0 Å². The van der Waals surface area contributed by atoms with Crippen LogP contribution < -0.4 is 4.72 Å². The highest BCUT2D eigenvalue weighted by atomic mass is 79.9. The molecule has 0 unspecified atom stereocenters. The molecule has 1 aromatic heterocycles. The summed E-state index contributed by atoms with van der Waals surface area (Å²) in [6.45, 7) is 3.40. The Kier molecular flexibility index (Phi) is 4.75. The Morgan fingerprint density at radius 2 is 1.81 bits per heavy atom. The molecule has 0 saturated heterocycles. The van der Waals surface area contributed by atoms with Gasteiger partial charge in [0.25, 0.3) is 0 Å². The van der Waals surface area contributed by atoms with E-state index in [1.54, 1.807) is 26.0 Å². The predicted octanol–water partition coefficient (Wildman–Crippen LogP) is 3.08. The number of aromatic nitrogens is 1. The first-order valence-electron chi connectivity index (χ1n) is 6.15. The standard InChI is InChI=1S/C14H14BrFN2O2S/c1-9-3-11(4-10(2)14(9)16)6-18-21(19,20)13-5-12(15)7-17-8-13/h3-5,7-8,18H,6H2,1-2H3. The fourth-order valence-electron chi connectivity index (χ4n) is 1.94. The zero-order chi connectivity index (χ0) is 15.6. The summed E-state index contributed by atoms with van der Waals surface area (Å²) in [4.78, 5) is 3.91. The van der Waals surface area contributed by atoms with Gasteiger partial charge in [-0.25, -0.2) is 17.5 Å². The Bertz CT molecular complexity index is 755. The molecule has 0 spiro atoms. The number of aryl methyl sites for hydroxylation is 2. The van der Waals surface area contributed by atoms with Crippen molar-refractivity contribution in [1.29, 1.82) is 0 Å². The highest BCUT2D eigenvalue weighted by Crippen LogP contribution is 2.17. The van der Waals surface area contributed by atoms with Gasteiger partial charge in [0.05, 0.1) is 0 Å². The Morgan fingerprint density at radius 3 is 2.38 bits per heavy atom. The summed E-state index contributed by atoms with van der Waals surface area (Å²) < 4.78 is 40.9. The minimum absolute atomic E-state index is 0.0763. The van der Waals surface area contributed by atoms with Gasteiger partial charge in [-0.15, -0.1) is 0 Å². The molecular formula is C14H14BrFN2O2S. The molecule has 1 N–H and O–H groups in total. The third-order valence-corrected chi connectivity index (χ3v) is 4.75. The summed E-state index contributed by atoms with van der Waals surface area (Å²) >= 11 is 3.18. The highest BCUT2D eigenvalue weighted by Gasteiger charge is 2.15. The van der Waals surface area contributed by atoms with Crippen LogP contribution in [-0.2, 0) is 16.6 Å². The van der Waals surface area contributed by atoms with Gasteiger partial charge >= 0.3 is 0 Å². The lowest BCUT2D eigenvalue weighted by Crippen LogP contribution is -2.23. The average Bonchev–Trinajstić information content (AvgIpc) is 2.42. The molecule has 0 aliphatic rings. The summed E-state index contributed by atoms with van der Waals surface area (Å²) in [5.74, 6) is -0.266. The molecule has 1 heterocycles. The second kappa shape index (κ2) is 6.21. The molecule has 0 saturated carbocycles. The summed E-state index contributed by atoms with van der Waals surface area (Å²) in [6, 6.07) is 4.73. The van der Waals surface area contributed by atoms with Gasteiger partial charge in [0.2, 0.25) is 10.0 Å². The van der Waals surface area contributed by atoms with Crippen molar-refractivity contribution < 1.29 is 12.8 Å². The predicted molar refractivity (Wildman–Crippen MR) is 81.8 cm³/mol. The number of pyridine rings is 1. The van der Waals surface area contributed by atoms with Crippen molar-refractivity contribution in [3.05, 3.63) is 57.6 Å². The molecule has 21 heavy (non-hydrogen) atoms. The van der Waals surface area contributed by atoms with Crippen LogP contribution in [0.5, 0.6) is 0 Å². The molecule has 0 atom stereocenters. The fourth-order valence-corrected chi connectivity index (χ4v) is 3.46. The van der Waals surface area contributed by atoms with Gasteiger partial charge in [-0.1, -0.05) is 12.1 Å². The number of rotatable bonds is 4. The van der Waals surface area contributed by atoms with Crippen molar-refractivity contribution in [2.75, 3.05) is 0 Å². The van der Waals surface area contributed by atoms with Gasteiger partial charge in [-0.3, -0.25) is 4.98 Å². The average molecular weight is 373 g/mol. The number of halogens is 2. The molecule has 1 aromatic carbocycles. The lowest BCUT2D eigenvalue weighted by atomic mass is 10.1. The van der Waals surface area contributed by atoms with E-state index in [1.165, 1.54) is 18.5 Å². The molecule has 2 aromatic rings. The van der Waals surface area contributed by atoms with E-state index in [1.807, 2.05) is 0 Å². The van der Waals surface area contributed by atoms with E-state index in [4.69, 9.17) is 0 Å². The van der Waals surface area contributed by atoms with E-state index in [0.29, 0.717) is 21.2 Å². The molecule has 112 valence electrons. The molecule has 0 aliphatic carbocycles. The quantitative estimate of drug-likeness (QED) is 0.896. The van der Waals surface area contributed by atoms with Crippen LogP contribution >= 0.6 is 15.9 Å². The van der Waals surface area contributed by atoms with E-state index < -0.39 is 10.0 Å². The number of nitrogens with zero attached hydrogens (tertiary/aromatic N) is 1. The number of hydrogen-bond acceptors (Lipinski definition) is 3. The highest BCUT2D eigenvalue weighted by molar-refractivity contribution is 9.10.